The van der Waals surface area contributed by atoms with E-state index in [2.05, 4.69) is 54.0 Å². The minimum Gasteiger partial charge on any atom is -0.355 e. The van der Waals surface area contributed by atoms with Gasteiger partial charge in [0.1, 0.15) is 0 Å². The van der Waals surface area contributed by atoms with Crippen LogP contribution < -0.4 is 10.6 Å². The highest BCUT2D eigenvalue weighted by Gasteiger charge is 2.14. The van der Waals surface area contributed by atoms with Gasteiger partial charge in [0.2, 0.25) is 5.91 Å². The molecule has 0 heterocycles. The zero-order valence-electron chi connectivity index (χ0n) is 15.7. The van der Waals surface area contributed by atoms with Crippen molar-refractivity contribution in [1.29, 1.82) is 0 Å². The first kappa shape index (κ1) is 18.9. The number of nitrogens with one attached hydrogen (secondary N) is 2. The highest BCUT2D eigenvalue weighted by Crippen LogP contribution is 2.21. The number of aryl methyl sites for hydroxylation is 1. The van der Waals surface area contributed by atoms with Gasteiger partial charge in [-0.1, -0.05) is 84.9 Å². The fraction of sp³-hybridized carbons (Fsp3) is 0.208. The molecule has 0 spiro atoms. The highest BCUT2D eigenvalue weighted by atomic mass is 16.1. The van der Waals surface area contributed by atoms with E-state index in [0.29, 0.717) is 6.54 Å². The quantitative estimate of drug-likeness (QED) is 0.638. The van der Waals surface area contributed by atoms with Crippen molar-refractivity contribution in [2.45, 2.75) is 19.4 Å². The van der Waals surface area contributed by atoms with Gasteiger partial charge in [0, 0.05) is 6.54 Å². The van der Waals surface area contributed by atoms with Gasteiger partial charge in [-0.05, 0) is 35.6 Å². The zero-order chi connectivity index (χ0) is 18.9. The molecule has 0 unspecified atom stereocenters. The van der Waals surface area contributed by atoms with Gasteiger partial charge >= 0.3 is 0 Å². The molecule has 0 aliphatic carbocycles. The second-order valence-electron chi connectivity index (χ2n) is 6.66. The number of amides is 1. The van der Waals surface area contributed by atoms with Crippen molar-refractivity contribution in [1.82, 2.24) is 10.6 Å². The van der Waals surface area contributed by atoms with Gasteiger partial charge in [-0.3, -0.25) is 10.1 Å². The Hall–Kier alpha value is -2.91. The zero-order valence-corrected chi connectivity index (χ0v) is 15.7. The molecule has 138 valence electrons. The maximum atomic E-state index is 12.3. The standard InChI is InChI=1S/C24H26N2O/c1-19-10-8-9-11-20(19)16-17-25-23(27)18-26-24(21-12-4-2-5-13-21)22-14-6-3-7-15-22/h2-15,24,26H,16-18H2,1H3,(H,25,27). The molecular weight excluding hydrogens is 332 g/mol. The van der Waals surface area contributed by atoms with Gasteiger partial charge in [0.15, 0.2) is 0 Å². The van der Waals surface area contributed by atoms with Gasteiger partial charge in [0.25, 0.3) is 0 Å². The van der Waals surface area contributed by atoms with Crippen LogP contribution in [0.25, 0.3) is 0 Å². The third-order valence-electron chi connectivity index (χ3n) is 4.71. The summed E-state index contributed by atoms with van der Waals surface area (Å²) in [4.78, 5) is 12.3. The lowest BCUT2D eigenvalue weighted by molar-refractivity contribution is -0.120. The molecule has 3 heteroatoms. The molecule has 0 saturated carbocycles. The maximum absolute atomic E-state index is 12.3. The molecule has 0 aliphatic rings. The van der Waals surface area contributed by atoms with Crippen molar-refractivity contribution in [3.8, 4) is 0 Å². The van der Waals surface area contributed by atoms with Crippen LogP contribution in [-0.2, 0) is 11.2 Å². The molecule has 0 radical (unpaired) electrons. The molecular formula is C24H26N2O. The molecule has 0 fully saturated rings. The van der Waals surface area contributed by atoms with Gasteiger partial charge in [0.05, 0.1) is 12.6 Å². The van der Waals surface area contributed by atoms with Gasteiger partial charge in [-0.15, -0.1) is 0 Å². The molecule has 3 rings (SSSR count). The Morgan fingerprint density at radius 2 is 1.37 bits per heavy atom. The van der Waals surface area contributed by atoms with Crippen molar-refractivity contribution in [2.24, 2.45) is 0 Å². The van der Waals surface area contributed by atoms with E-state index >= 15 is 0 Å². The molecule has 0 bridgehead atoms. The predicted octanol–water partition coefficient (Wildman–Crippen LogP) is 4.03. The van der Waals surface area contributed by atoms with Gasteiger partial charge < -0.3 is 5.32 Å². The number of carbonyl (C=O) groups excluding carboxylic acids is 1. The normalized spacial score (nSPS) is 10.7. The molecule has 0 saturated heterocycles. The average Bonchev–Trinajstić information content (AvgIpc) is 2.71. The topological polar surface area (TPSA) is 41.1 Å². The molecule has 0 aliphatic heterocycles. The van der Waals surface area contributed by atoms with E-state index in [9.17, 15) is 4.79 Å². The monoisotopic (exact) mass is 358 g/mol. The lowest BCUT2D eigenvalue weighted by atomic mass is 9.99. The summed E-state index contributed by atoms with van der Waals surface area (Å²) < 4.78 is 0. The first-order valence-corrected chi connectivity index (χ1v) is 9.38. The highest BCUT2D eigenvalue weighted by molar-refractivity contribution is 5.78. The van der Waals surface area contributed by atoms with Crippen molar-refractivity contribution in [3.05, 3.63) is 107 Å². The van der Waals surface area contributed by atoms with Crippen molar-refractivity contribution < 1.29 is 4.79 Å². The smallest absolute Gasteiger partial charge is 0.233 e. The summed E-state index contributed by atoms with van der Waals surface area (Å²) in [5.74, 6) is 0.0143. The molecule has 0 aromatic heterocycles. The minimum atomic E-state index is -0.00508. The van der Waals surface area contributed by atoms with Crippen LogP contribution in [0.1, 0.15) is 28.3 Å². The first-order valence-electron chi connectivity index (χ1n) is 9.38. The van der Waals surface area contributed by atoms with Crippen molar-refractivity contribution >= 4 is 5.91 Å². The van der Waals surface area contributed by atoms with E-state index in [4.69, 9.17) is 0 Å². The van der Waals surface area contributed by atoms with E-state index in [-0.39, 0.29) is 18.5 Å². The fourth-order valence-corrected chi connectivity index (χ4v) is 3.20. The molecule has 0 atom stereocenters. The van der Waals surface area contributed by atoms with Crippen LogP contribution in [0.5, 0.6) is 0 Å². The second-order valence-corrected chi connectivity index (χ2v) is 6.66. The largest absolute Gasteiger partial charge is 0.355 e. The summed E-state index contributed by atoms with van der Waals surface area (Å²) in [7, 11) is 0. The Balaban J connectivity index is 1.55. The van der Waals surface area contributed by atoms with E-state index in [0.717, 1.165) is 17.5 Å². The summed E-state index contributed by atoms with van der Waals surface area (Å²) in [5.41, 5.74) is 4.84. The van der Waals surface area contributed by atoms with Crippen LogP contribution in [-0.4, -0.2) is 19.0 Å². The minimum absolute atomic E-state index is 0.00508. The summed E-state index contributed by atoms with van der Waals surface area (Å²) >= 11 is 0. The second kappa shape index (κ2) is 9.70. The van der Waals surface area contributed by atoms with E-state index < -0.39 is 0 Å². The SMILES string of the molecule is Cc1ccccc1CCNC(=O)CNC(c1ccccc1)c1ccccc1. The van der Waals surface area contributed by atoms with Crippen LogP contribution >= 0.6 is 0 Å². The molecule has 2 N–H and O–H groups in total. The third kappa shape index (κ3) is 5.53. The van der Waals surface area contributed by atoms with Crippen LogP contribution in [0.15, 0.2) is 84.9 Å². The summed E-state index contributed by atoms with van der Waals surface area (Å²) in [6, 6.07) is 28.7. The number of hydrogen-bond donors (Lipinski definition) is 2. The van der Waals surface area contributed by atoms with Crippen LogP contribution in [0.4, 0.5) is 0 Å². The van der Waals surface area contributed by atoms with Crippen molar-refractivity contribution in [2.75, 3.05) is 13.1 Å². The Bertz CT molecular complexity index is 807. The number of hydrogen-bond acceptors (Lipinski definition) is 2. The molecule has 27 heavy (non-hydrogen) atoms. The lowest BCUT2D eigenvalue weighted by Crippen LogP contribution is -2.37. The molecule has 3 nitrogen and oxygen atoms in total. The first-order chi connectivity index (χ1) is 13.2. The maximum Gasteiger partial charge on any atom is 0.233 e. The number of rotatable bonds is 8. The Kier molecular flexibility index (Phi) is 6.78. The molecule has 3 aromatic rings. The summed E-state index contributed by atoms with van der Waals surface area (Å²) in [6.07, 6.45) is 0.846. The lowest BCUT2D eigenvalue weighted by Gasteiger charge is -2.19. The average molecular weight is 358 g/mol. The van der Waals surface area contributed by atoms with Crippen LogP contribution in [0.3, 0.4) is 0 Å². The van der Waals surface area contributed by atoms with Crippen LogP contribution in [0, 0.1) is 6.92 Å². The number of carbonyl (C=O) groups is 1. The Labute approximate surface area is 161 Å². The van der Waals surface area contributed by atoms with Gasteiger partial charge in [-0.2, -0.15) is 0 Å². The summed E-state index contributed by atoms with van der Waals surface area (Å²) in [5, 5.41) is 6.42. The van der Waals surface area contributed by atoms with Crippen molar-refractivity contribution in [3.63, 3.8) is 0 Å². The number of benzene rings is 3. The van der Waals surface area contributed by atoms with E-state index in [1.54, 1.807) is 0 Å². The predicted molar refractivity (Wildman–Crippen MR) is 111 cm³/mol. The van der Waals surface area contributed by atoms with Gasteiger partial charge in [-0.25, -0.2) is 0 Å². The van der Waals surface area contributed by atoms with Crippen LogP contribution in [0.2, 0.25) is 0 Å². The molecule has 3 aromatic carbocycles. The fourth-order valence-electron chi connectivity index (χ4n) is 3.20. The third-order valence-corrected chi connectivity index (χ3v) is 4.71. The summed E-state index contributed by atoms with van der Waals surface area (Å²) in [6.45, 7) is 3.03. The Morgan fingerprint density at radius 1 is 0.815 bits per heavy atom. The van der Waals surface area contributed by atoms with E-state index in [1.165, 1.54) is 11.1 Å². The molecule has 1 amide bonds. The van der Waals surface area contributed by atoms with E-state index in [1.807, 2.05) is 48.5 Å². The Morgan fingerprint density at radius 3 is 1.96 bits per heavy atom.